The molecule has 1 amide bonds. The van der Waals surface area contributed by atoms with E-state index in [1.54, 1.807) is 30.3 Å². The van der Waals surface area contributed by atoms with E-state index in [1.165, 1.54) is 12.1 Å². The summed E-state index contributed by atoms with van der Waals surface area (Å²) in [4.78, 5) is 11.5. The molecule has 2 aromatic rings. The first-order valence-corrected chi connectivity index (χ1v) is 7.93. The van der Waals surface area contributed by atoms with Crippen molar-refractivity contribution in [1.82, 2.24) is 0 Å². The summed E-state index contributed by atoms with van der Waals surface area (Å²) in [7, 11) is -3.22. The van der Waals surface area contributed by atoms with Gasteiger partial charge in [0.15, 0.2) is 9.84 Å². The van der Waals surface area contributed by atoms with E-state index in [0.29, 0.717) is 17.1 Å². The number of rotatable bonds is 4. The van der Waals surface area contributed by atoms with Crippen LogP contribution in [0.1, 0.15) is 10.4 Å². The number of benzene rings is 2. The molecule has 5 N–H and O–H groups in total. The minimum Gasteiger partial charge on any atom is -0.398 e. The number of primary amides is 1. The van der Waals surface area contributed by atoms with Gasteiger partial charge in [0, 0.05) is 23.3 Å². The van der Waals surface area contributed by atoms with Gasteiger partial charge in [-0.25, -0.2) is 8.42 Å². The van der Waals surface area contributed by atoms with Crippen LogP contribution in [0.3, 0.4) is 0 Å². The third-order valence-electron chi connectivity index (χ3n) is 2.89. The van der Waals surface area contributed by atoms with Gasteiger partial charge in [-0.05, 0) is 42.5 Å². The highest BCUT2D eigenvalue weighted by molar-refractivity contribution is 7.90. The monoisotopic (exact) mass is 305 g/mol. The van der Waals surface area contributed by atoms with E-state index < -0.39 is 15.7 Å². The van der Waals surface area contributed by atoms with Crippen molar-refractivity contribution < 1.29 is 13.2 Å². The standard InChI is InChI=1S/C14H15N3O3S/c1-21(19,20)11-5-2-9(3-6-11)17-10-4-7-13(15)12(8-10)14(16)18/h2-8,17H,15H2,1H3,(H2,16,18). The van der Waals surface area contributed by atoms with Gasteiger partial charge in [0.25, 0.3) is 5.91 Å². The Morgan fingerprint density at radius 1 is 1.05 bits per heavy atom. The lowest BCUT2D eigenvalue weighted by Crippen LogP contribution is -2.13. The fraction of sp³-hybridized carbons (Fsp3) is 0.0714. The number of sulfone groups is 1. The highest BCUT2D eigenvalue weighted by Gasteiger charge is 2.08. The fourth-order valence-corrected chi connectivity index (χ4v) is 2.43. The minimum absolute atomic E-state index is 0.229. The second-order valence-electron chi connectivity index (χ2n) is 4.59. The molecular formula is C14H15N3O3S. The van der Waals surface area contributed by atoms with Crippen LogP contribution in [-0.2, 0) is 9.84 Å². The molecule has 0 saturated carbocycles. The number of carbonyl (C=O) groups excluding carboxylic acids is 1. The fourth-order valence-electron chi connectivity index (χ4n) is 1.80. The van der Waals surface area contributed by atoms with E-state index in [1.807, 2.05) is 0 Å². The first kappa shape index (κ1) is 14.9. The molecule has 6 nitrogen and oxygen atoms in total. The van der Waals surface area contributed by atoms with Crippen molar-refractivity contribution in [3.63, 3.8) is 0 Å². The van der Waals surface area contributed by atoms with Crippen LogP contribution in [-0.4, -0.2) is 20.6 Å². The predicted molar refractivity (Wildman–Crippen MR) is 82.2 cm³/mol. The Morgan fingerprint density at radius 3 is 2.14 bits per heavy atom. The Labute approximate surface area is 122 Å². The second-order valence-corrected chi connectivity index (χ2v) is 6.60. The molecule has 7 heteroatoms. The predicted octanol–water partition coefficient (Wildman–Crippen LogP) is 1.51. The molecule has 0 aliphatic carbocycles. The molecule has 0 aromatic heterocycles. The van der Waals surface area contributed by atoms with Gasteiger partial charge in [0.2, 0.25) is 0 Å². The van der Waals surface area contributed by atoms with E-state index >= 15 is 0 Å². The molecule has 0 aliphatic heterocycles. The van der Waals surface area contributed by atoms with E-state index in [-0.39, 0.29) is 10.5 Å². The quantitative estimate of drug-likeness (QED) is 0.741. The molecule has 110 valence electrons. The maximum Gasteiger partial charge on any atom is 0.250 e. The number of nitrogens with two attached hydrogens (primary N) is 2. The Morgan fingerprint density at radius 2 is 1.62 bits per heavy atom. The van der Waals surface area contributed by atoms with Crippen LogP contribution >= 0.6 is 0 Å². The lowest BCUT2D eigenvalue weighted by molar-refractivity contribution is 0.100. The van der Waals surface area contributed by atoms with E-state index in [2.05, 4.69) is 5.32 Å². The van der Waals surface area contributed by atoms with Crippen LogP contribution in [0.25, 0.3) is 0 Å². The summed E-state index contributed by atoms with van der Waals surface area (Å²) in [6.07, 6.45) is 1.15. The Hall–Kier alpha value is -2.54. The number of anilines is 3. The number of amides is 1. The largest absolute Gasteiger partial charge is 0.398 e. The molecule has 0 unspecified atom stereocenters. The Kier molecular flexibility index (Phi) is 3.86. The first-order chi connectivity index (χ1) is 9.77. The molecule has 21 heavy (non-hydrogen) atoms. The third kappa shape index (κ3) is 3.51. The van der Waals surface area contributed by atoms with Gasteiger partial charge in [-0.15, -0.1) is 0 Å². The molecule has 0 fully saturated rings. The highest BCUT2D eigenvalue weighted by Crippen LogP contribution is 2.22. The normalized spacial score (nSPS) is 11.1. The van der Waals surface area contributed by atoms with Crippen LogP contribution in [0.2, 0.25) is 0 Å². The minimum atomic E-state index is -3.22. The van der Waals surface area contributed by atoms with E-state index in [0.717, 1.165) is 6.26 Å². The van der Waals surface area contributed by atoms with Crippen molar-refractivity contribution in [2.45, 2.75) is 4.90 Å². The molecule has 0 heterocycles. The van der Waals surface area contributed by atoms with Crippen molar-refractivity contribution in [2.24, 2.45) is 5.73 Å². The average Bonchev–Trinajstić information content (AvgIpc) is 2.40. The third-order valence-corrected chi connectivity index (χ3v) is 4.02. The lowest BCUT2D eigenvalue weighted by Gasteiger charge is -2.09. The van der Waals surface area contributed by atoms with Crippen molar-refractivity contribution in [1.29, 1.82) is 0 Å². The molecule has 0 bridgehead atoms. The molecule has 0 spiro atoms. The van der Waals surface area contributed by atoms with Gasteiger partial charge in [-0.3, -0.25) is 4.79 Å². The van der Waals surface area contributed by atoms with E-state index in [4.69, 9.17) is 11.5 Å². The maximum atomic E-state index is 11.4. The van der Waals surface area contributed by atoms with Crippen molar-refractivity contribution in [3.8, 4) is 0 Å². The summed E-state index contributed by atoms with van der Waals surface area (Å²) in [5.41, 5.74) is 12.7. The first-order valence-electron chi connectivity index (χ1n) is 6.04. The Bertz CT molecular complexity index is 784. The van der Waals surface area contributed by atoms with Crippen LogP contribution in [0.4, 0.5) is 17.1 Å². The Balaban J connectivity index is 2.26. The molecule has 2 aromatic carbocycles. The molecule has 0 aliphatic rings. The highest BCUT2D eigenvalue weighted by atomic mass is 32.2. The van der Waals surface area contributed by atoms with Crippen LogP contribution in [0.15, 0.2) is 47.4 Å². The topological polar surface area (TPSA) is 115 Å². The summed E-state index contributed by atoms with van der Waals surface area (Å²) in [5, 5.41) is 3.05. The van der Waals surface area contributed by atoms with Crippen molar-refractivity contribution in [2.75, 3.05) is 17.3 Å². The van der Waals surface area contributed by atoms with Gasteiger partial charge in [0.1, 0.15) is 0 Å². The van der Waals surface area contributed by atoms with E-state index in [9.17, 15) is 13.2 Å². The number of nitrogen functional groups attached to an aromatic ring is 1. The number of nitrogens with one attached hydrogen (secondary N) is 1. The molecule has 0 saturated heterocycles. The smallest absolute Gasteiger partial charge is 0.250 e. The van der Waals surface area contributed by atoms with Gasteiger partial charge in [-0.1, -0.05) is 0 Å². The average molecular weight is 305 g/mol. The van der Waals surface area contributed by atoms with Crippen LogP contribution in [0, 0.1) is 0 Å². The SMILES string of the molecule is CS(=O)(=O)c1ccc(Nc2ccc(N)c(C(N)=O)c2)cc1. The van der Waals surface area contributed by atoms with Gasteiger partial charge in [-0.2, -0.15) is 0 Å². The number of hydrogen-bond donors (Lipinski definition) is 3. The van der Waals surface area contributed by atoms with Gasteiger partial charge >= 0.3 is 0 Å². The lowest BCUT2D eigenvalue weighted by atomic mass is 10.1. The zero-order valence-corrected chi connectivity index (χ0v) is 12.1. The zero-order chi connectivity index (χ0) is 15.6. The second kappa shape index (κ2) is 5.45. The van der Waals surface area contributed by atoms with Gasteiger partial charge < -0.3 is 16.8 Å². The van der Waals surface area contributed by atoms with Crippen LogP contribution in [0.5, 0.6) is 0 Å². The van der Waals surface area contributed by atoms with Crippen molar-refractivity contribution in [3.05, 3.63) is 48.0 Å². The summed E-state index contributed by atoms with van der Waals surface area (Å²) >= 11 is 0. The number of carbonyl (C=O) groups is 1. The molecule has 2 rings (SSSR count). The number of hydrogen-bond acceptors (Lipinski definition) is 5. The maximum absolute atomic E-state index is 11.4. The van der Waals surface area contributed by atoms with Crippen molar-refractivity contribution >= 4 is 32.8 Å². The summed E-state index contributed by atoms with van der Waals surface area (Å²) in [6.45, 7) is 0. The van der Waals surface area contributed by atoms with Gasteiger partial charge in [0.05, 0.1) is 10.5 Å². The summed E-state index contributed by atoms with van der Waals surface area (Å²) in [5.74, 6) is -0.608. The van der Waals surface area contributed by atoms with Crippen LogP contribution < -0.4 is 16.8 Å². The molecular weight excluding hydrogens is 290 g/mol. The summed E-state index contributed by atoms with van der Waals surface area (Å²) in [6, 6.07) is 11.1. The molecule has 0 radical (unpaired) electrons. The summed E-state index contributed by atoms with van der Waals surface area (Å²) < 4.78 is 22.7. The zero-order valence-electron chi connectivity index (χ0n) is 11.3. The molecule has 0 atom stereocenters.